The number of nitrogens with two attached hydrogens (primary N) is 2. The lowest BCUT2D eigenvalue weighted by molar-refractivity contribution is 0.100. The Balaban J connectivity index is 2.03. The van der Waals surface area contributed by atoms with Gasteiger partial charge in [0.05, 0.1) is 5.69 Å². The number of rotatable bonds is 2. The zero-order valence-electron chi connectivity index (χ0n) is 10.6. The van der Waals surface area contributed by atoms with Crippen molar-refractivity contribution in [3.05, 3.63) is 45.8 Å². The standard InChI is InChI=1S/C14H12N4OS/c15-5-10-11(16)12(13(17)19)20-14(10)18-6-8-3-1-2-4-9(8)7-18/h1-4H,6-7,16H2,(H2,17,19). The second kappa shape index (κ2) is 4.54. The van der Waals surface area contributed by atoms with Gasteiger partial charge in [0, 0.05) is 13.1 Å². The van der Waals surface area contributed by atoms with Crippen LogP contribution < -0.4 is 16.4 Å². The number of carbonyl (C=O) groups is 1. The van der Waals surface area contributed by atoms with E-state index in [9.17, 15) is 10.1 Å². The first-order valence-corrected chi connectivity index (χ1v) is 6.87. The summed E-state index contributed by atoms with van der Waals surface area (Å²) in [6, 6.07) is 10.2. The molecule has 5 nitrogen and oxygen atoms in total. The van der Waals surface area contributed by atoms with Gasteiger partial charge in [0.15, 0.2) is 0 Å². The van der Waals surface area contributed by atoms with E-state index >= 15 is 0 Å². The minimum absolute atomic E-state index is 0.191. The number of nitrogens with zero attached hydrogens (tertiary/aromatic N) is 2. The molecule has 0 unspecified atom stereocenters. The number of thiophene rings is 1. The number of nitriles is 1. The van der Waals surface area contributed by atoms with E-state index in [1.165, 1.54) is 22.5 Å². The molecule has 1 aromatic carbocycles. The normalized spacial score (nSPS) is 13.1. The number of primary amides is 1. The molecule has 1 aliphatic heterocycles. The number of hydrogen-bond donors (Lipinski definition) is 2. The Morgan fingerprint density at radius 3 is 2.40 bits per heavy atom. The molecule has 0 atom stereocenters. The van der Waals surface area contributed by atoms with Crippen LogP contribution in [0.2, 0.25) is 0 Å². The van der Waals surface area contributed by atoms with Crippen LogP contribution in [0.15, 0.2) is 24.3 Å². The summed E-state index contributed by atoms with van der Waals surface area (Å²) >= 11 is 1.19. The molecule has 3 rings (SSSR count). The first kappa shape index (κ1) is 12.5. The van der Waals surface area contributed by atoms with Crippen molar-refractivity contribution in [3.63, 3.8) is 0 Å². The molecule has 2 aromatic rings. The summed E-state index contributed by atoms with van der Waals surface area (Å²) in [5.41, 5.74) is 14.1. The molecule has 4 N–H and O–H groups in total. The highest BCUT2D eigenvalue weighted by molar-refractivity contribution is 7.19. The topological polar surface area (TPSA) is 96.1 Å². The van der Waals surface area contributed by atoms with Gasteiger partial charge in [-0.3, -0.25) is 4.79 Å². The van der Waals surface area contributed by atoms with Gasteiger partial charge in [-0.05, 0) is 11.1 Å². The summed E-state index contributed by atoms with van der Waals surface area (Å²) in [5, 5.41) is 9.99. The number of carbonyl (C=O) groups excluding carboxylic acids is 1. The predicted octanol–water partition coefficient (Wildman–Crippen LogP) is 1.82. The smallest absolute Gasteiger partial charge is 0.261 e. The van der Waals surface area contributed by atoms with Crippen LogP contribution >= 0.6 is 11.3 Å². The summed E-state index contributed by atoms with van der Waals surface area (Å²) in [5.74, 6) is -0.591. The Labute approximate surface area is 120 Å². The SMILES string of the molecule is N#Cc1c(N2Cc3ccccc3C2)sc(C(N)=O)c1N. The van der Waals surface area contributed by atoms with E-state index in [0.29, 0.717) is 18.7 Å². The number of fused-ring (bicyclic) bond motifs is 1. The molecule has 1 aliphatic rings. The van der Waals surface area contributed by atoms with Crippen molar-refractivity contribution in [2.24, 2.45) is 5.73 Å². The van der Waals surface area contributed by atoms with Crippen LogP contribution in [0.1, 0.15) is 26.4 Å². The van der Waals surface area contributed by atoms with Crippen LogP contribution in [0, 0.1) is 11.3 Å². The summed E-state index contributed by atoms with van der Waals surface area (Å²) in [7, 11) is 0. The van der Waals surface area contributed by atoms with E-state index in [4.69, 9.17) is 11.5 Å². The zero-order valence-corrected chi connectivity index (χ0v) is 11.4. The lowest BCUT2D eigenvalue weighted by atomic mass is 10.1. The molecule has 0 spiro atoms. The van der Waals surface area contributed by atoms with Gasteiger partial charge in [0.1, 0.15) is 21.5 Å². The lowest BCUT2D eigenvalue weighted by Crippen LogP contribution is -2.14. The molecule has 2 heterocycles. The molecule has 0 saturated carbocycles. The molecule has 20 heavy (non-hydrogen) atoms. The van der Waals surface area contributed by atoms with E-state index < -0.39 is 5.91 Å². The van der Waals surface area contributed by atoms with Gasteiger partial charge in [-0.25, -0.2) is 0 Å². The van der Waals surface area contributed by atoms with Gasteiger partial charge in [0.2, 0.25) is 0 Å². The molecule has 100 valence electrons. The minimum atomic E-state index is -0.591. The van der Waals surface area contributed by atoms with Crippen molar-refractivity contribution in [1.29, 1.82) is 5.26 Å². The first-order valence-electron chi connectivity index (χ1n) is 6.05. The second-order valence-corrected chi connectivity index (χ2v) is 5.62. The Hall–Kier alpha value is -2.52. The highest BCUT2D eigenvalue weighted by Crippen LogP contribution is 2.40. The van der Waals surface area contributed by atoms with Gasteiger partial charge < -0.3 is 16.4 Å². The highest BCUT2D eigenvalue weighted by atomic mass is 32.1. The monoisotopic (exact) mass is 284 g/mol. The van der Waals surface area contributed by atoms with Gasteiger partial charge in [-0.2, -0.15) is 5.26 Å². The summed E-state index contributed by atoms with van der Waals surface area (Å²) in [4.78, 5) is 13.7. The zero-order chi connectivity index (χ0) is 14.3. The lowest BCUT2D eigenvalue weighted by Gasteiger charge is -2.15. The Morgan fingerprint density at radius 2 is 1.90 bits per heavy atom. The van der Waals surface area contributed by atoms with Crippen molar-refractivity contribution in [3.8, 4) is 6.07 Å². The third kappa shape index (κ3) is 1.80. The Morgan fingerprint density at radius 1 is 1.30 bits per heavy atom. The largest absolute Gasteiger partial charge is 0.396 e. The molecule has 1 amide bonds. The highest BCUT2D eigenvalue weighted by Gasteiger charge is 2.27. The molecule has 0 fully saturated rings. The predicted molar refractivity (Wildman–Crippen MR) is 78.3 cm³/mol. The van der Waals surface area contributed by atoms with Gasteiger partial charge >= 0.3 is 0 Å². The van der Waals surface area contributed by atoms with Gasteiger partial charge in [-0.15, -0.1) is 11.3 Å². The molecule has 0 aliphatic carbocycles. The molecule has 0 saturated heterocycles. The quantitative estimate of drug-likeness (QED) is 0.879. The average Bonchev–Trinajstić information content (AvgIpc) is 2.98. The maximum Gasteiger partial charge on any atom is 0.261 e. The number of hydrogen-bond acceptors (Lipinski definition) is 5. The number of amides is 1. The summed E-state index contributed by atoms with van der Waals surface area (Å²) in [6.45, 7) is 1.42. The van der Waals surface area contributed by atoms with E-state index in [-0.39, 0.29) is 10.6 Å². The van der Waals surface area contributed by atoms with Crippen molar-refractivity contribution >= 4 is 27.9 Å². The van der Waals surface area contributed by atoms with Crippen LogP contribution in [0.4, 0.5) is 10.7 Å². The van der Waals surface area contributed by atoms with Crippen LogP contribution in [0.25, 0.3) is 0 Å². The fraction of sp³-hybridized carbons (Fsp3) is 0.143. The molecule has 0 bridgehead atoms. The molecule has 1 aromatic heterocycles. The van der Waals surface area contributed by atoms with E-state index in [1.54, 1.807) is 0 Å². The summed E-state index contributed by atoms with van der Waals surface area (Å²) in [6.07, 6.45) is 0. The van der Waals surface area contributed by atoms with Crippen LogP contribution in [0.5, 0.6) is 0 Å². The van der Waals surface area contributed by atoms with Gasteiger partial charge in [0.25, 0.3) is 5.91 Å². The van der Waals surface area contributed by atoms with Crippen molar-refractivity contribution < 1.29 is 4.79 Å². The number of nitrogen functional groups attached to an aromatic ring is 1. The third-order valence-electron chi connectivity index (χ3n) is 3.39. The average molecular weight is 284 g/mol. The Bertz CT molecular complexity index is 719. The second-order valence-electron chi connectivity index (χ2n) is 4.63. The van der Waals surface area contributed by atoms with E-state index in [0.717, 1.165) is 5.00 Å². The van der Waals surface area contributed by atoms with Crippen LogP contribution in [-0.2, 0) is 13.1 Å². The van der Waals surface area contributed by atoms with Crippen LogP contribution in [-0.4, -0.2) is 5.91 Å². The first-order chi connectivity index (χ1) is 9.61. The van der Waals surface area contributed by atoms with Gasteiger partial charge in [-0.1, -0.05) is 24.3 Å². The molecular formula is C14H12N4OS. The maximum absolute atomic E-state index is 11.4. The summed E-state index contributed by atoms with van der Waals surface area (Å²) < 4.78 is 0. The van der Waals surface area contributed by atoms with Crippen molar-refractivity contribution in [2.45, 2.75) is 13.1 Å². The molecular weight excluding hydrogens is 272 g/mol. The van der Waals surface area contributed by atoms with Crippen molar-refractivity contribution in [2.75, 3.05) is 10.6 Å². The Kier molecular flexibility index (Phi) is 2.84. The molecule has 0 radical (unpaired) electrons. The van der Waals surface area contributed by atoms with Crippen LogP contribution in [0.3, 0.4) is 0 Å². The van der Waals surface area contributed by atoms with Crippen molar-refractivity contribution in [1.82, 2.24) is 0 Å². The number of anilines is 2. The van der Waals surface area contributed by atoms with E-state index in [1.807, 2.05) is 12.1 Å². The fourth-order valence-corrected chi connectivity index (χ4v) is 3.44. The number of benzene rings is 1. The minimum Gasteiger partial charge on any atom is -0.396 e. The third-order valence-corrected chi connectivity index (χ3v) is 4.67. The fourth-order valence-electron chi connectivity index (χ4n) is 2.42. The molecule has 6 heteroatoms. The maximum atomic E-state index is 11.4. The van der Waals surface area contributed by atoms with E-state index in [2.05, 4.69) is 23.1 Å².